The molecule has 1 aromatic carbocycles. The van der Waals surface area contributed by atoms with Crippen molar-refractivity contribution < 1.29 is 5.11 Å². The number of terminal acetylenes is 1. The van der Waals surface area contributed by atoms with Gasteiger partial charge < -0.3 is 10.1 Å². The van der Waals surface area contributed by atoms with E-state index in [1.807, 2.05) is 42.7 Å². The largest absolute Gasteiger partial charge is 0.396 e. The summed E-state index contributed by atoms with van der Waals surface area (Å²) in [6.07, 6.45) is 13.6. The summed E-state index contributed by atoms with van der Waals surface area (Å²) in [4.78, 5) is 2.86. The van der Waals surface area contributed by atoms with Gasteiger partial charge in [-0.25, -0.2) is 0 Å². The van der Waals surface area contributed by atoms with Crippen LogP contribution in [0.3, 0.4) is 0 Å². The summed E-state index contributed by atoms with van der Waals surface area (Å²) in [5, 5.41) is 8.53. The molecule has 0 fully saturated rings. The first-order valence-electron chi connectivity index (χ1n) is 5.49. The van der Waals surface area contributed by atoms with E-state index in [9.17, 15) is 0 Å². The lowest BCUT2D eigenvalue weighted by molar-refractivity contribution is 0.288. The monoisotopic (exact) mass is 229 g/mol. The first-order valence-corrected chi connectivity index (χ1v) is 5.49. The second-order valence-corrected chi connectivity index (χ2v) is 3.20. The SMILES string of the molecule is C#C.OCCCc1ccccc1.c1cc[nH]c1. The van der Waals surface area contributed by atoms with Crippen LogP contribution in [-0.2, 0) is 6.42 Å². The van der Waals surface area contributed by atoms with Gasteiger partial charge in [-0.2, -0.15) is 0 Å². The molecule has 2 heteroatoms. The molecule has 0 saturated heterocycles. The molecule has 0 aliphatic rings. The Hall–Kier alpha value is -1.98. The van der Waals surface area contributed by atoms with Crippen molar-refractivity contribution in [1.29, 1.82) is 0 Å². The van der Waals surface area contributed by atoms with E-state index in [-0.39, 0.29) is 6.61 Å². The summed E-state index contributed by atoms with van der Waals surface area (Å²) >= 11 is 0. The number of aromatic nitrogens is 1. The Labute approximate surface area is 103 Å². The smallest absolute Gasteiger partial charge is 0.0434 e. The zero-order valence-corrected chi connectivity index (χ0v) is 9.92. The fourth-order valence-corrected chi connectivity index (χ4v) is 1.21. The Kier molecular flexibility index (Phi) is 10.7. The normalized spacial score (nSPS) is 8.18. The Balaban J connectivity index is 0.000000306. The molecule has 90 valence electrons. The Morgan fingerprint density at radius 2 is 1.53 bits per heavy atom. The number of aromatic amines is 1. The fraction of sp³-hybridized carbons (Fsp3) is 0.200. The van der Waals surface area contributed by atoms with Crippen molar-refractivity contribution in [1.82, 2.24) is 4.98 Å². The van der Waals surface area contributed by atoms with E-state index in [1.165, 1.54) is 5.56 Å². The molecule has 2 N–H and O–H groups in total. The number of aryl methyl sites for hydroxylation is 1. The van der Waals surface area contributed by atoms with Gasteiger partial charge in [0, 0.05) is 19.0 Å². The van der Waals surface area contributed by atoms with Crippen molar-refractivity contribution in [2.45, 2.75) is 12.8 Å². The number of H-pyrrole nitrogens is 1. The van der Waals surface area contributed by atoms with Gasteiger partial charge in [0.1, 0.15) is 0 Å². The lowest BCUT2D eigenvalue weighted by Gasteiger charge is -1.96. The molecule has 2 nitrogen and oxygen atoms in total. The average molecular weight is 229 g/mol. The van der Waals surface area contributed by atoms with Crippen LogP contribution in [0.5, 0.6) is 0 Å². The van der Waals surface area contributed by atoms with E-state index < -0.39 is 0 Å². The maximum absolute atomic E-state index is 8.53. The van der Waals surface area contributed by atoms with Crippen LogP contribution in [-0.4, -0.2) is 16.7 Å². The van der Waals surface area contributed by atoms with Gasteiger partial charge >= 0.3 is 0 Å². The van der Waals surface area contributed by atoms with Crippen molar-refractivity contribution in [3.8, 4) is 12.8 Å². The molecule has 0 bridgehead atoms. The molecule has 2 rings (SSSR count). The quantitative estimate of drug-likeness (QED) is 0.780. The first-order chi connectivity index (χ1) is 8.43. The van der Waals surface area contributed by atoms with Gasteiger partial charge in [0.25, 0.3) is 0 Å². The molecule has 0 spiro atoms. The summed E-state index contributed by atoms with van der Waals surface area (Å²) < 4.78 is 0. The van der Waals surface area contributed by atoms with Crippen LogP contribution in [0.1, 0.15) is 12.0 Å². The first kappa shape index (κ1) is 15.0. The van der Waals surface area contributed by atoms with Crippen LogP contribution in [0.15, 0.2) is 54.9 Å². The fourth-order valence-electron chi connectivity index (χ4n) is 1.21. The second kappa shape index (κ2) is 12.1. The van der Waals surface area contributed by atoms with Crippen LogP contribution >= 0.6 is 0 Å². The van der Waals surface area contributed by atoms with Crippen molar-refractivity contribution in [3.05, 3.63) is 60.4 Å². The minimum absolute atomic E-state index is 0.287. The Morgan fingerprint density at radius 1 is 0.941 bits per heavy atom. The third kappa shape index (κ3) is 8.98. The van der Waals surface area contributed by atoms with Crippen LogP contribution in [0, 0.1) is 12.8 Å². The molecule has 0 aliphatic heterocycles. The lowest BCUT2D eigenvalue weighted by Crippen LogP contribution is -1.87. The van der Waals surface area contributed by atoms with E-state index in [4.69, 9.17) is 5.11 Å². The number of benzene rings is 1. The summed E-state index contributed by atoms with van der Waals surface area (Å²) in [7, 11) is 0. The lowest BCUT2D eigenvalue weighted by atomic mass is 10.1. The highest BCUT2D eigenvalue weighted by molar-refractivity contribution is 5.14. The predicted molar refractivity (Wildman–Crippen MR) is 72.5 cm³/mol. The number of hydrogen-bond acceptors (Lipinski definition) is 1. The predicted octanol–water partition coefficient (Wildman–Crippen LogP) is 2.88. The molecule has 2 aromatic rings. The molecule has 0 saturated carbocycles. The maximum atomic E-state index is 8.53. The van der Waals surface area contributed by atoms with E-state index in [1.54, 1.807) is 0 Å². The van der Waals surface area contributed by atoms with Gasteiger partial charge in [-0.3, -0.25) is 0 Å². The van der Waals surface area contributed by atoms with Crippen LogP contribution < -0.4 is 0 Å². The maximum Gasteiger partial charge on any atom is 0.0434 e. The molecule has 0 atom stereocenters. The average Bonchev–Trinajstić information content (AvgIpc) is 2.99. The van der Waals surface area contributed by atoms with Crippen molar-refractivity contribution >= 4 is 0 Å². The number of rotatable bonds is 3. The Bertz CT molecular complexity index is 334. The van der Waals surface area contributed by atoms with E-state index in [0.29, 0.717) is 0 Å². The standard InChI is InChI=1S/C9H12O.C4H5N.C2H2/c10-8-4-7-9-5-2-1-3-6-9;1-2-4-5-3-1;1-2/h1-3,5-6,10H,4,7-8H2;1-5H;1-2H. The molecule has 0 amide bonds. The number of hydrogen-bond donors (Lipinski definition) is 2. The molecular formula is C15H19NO. The van der Waals surface area contributed by atoms with Gasteiger partial charge in [0.15, 0.2) is 0 Å². The topological polar surface area (TPSA) is 36.0 Å². The highest BCUT2D eigenvalue weighted by Crippen LogP contribution is 2.00. The van der Waals surface area contributed by atoms with Gasteiger partial charge in [0.05, 0.1) is 0 Å². The molecule has 0 radical (unpaired) electrons. The van der Waals surface area contributed by atoms with Gasteiger partial charge in [-0.1, -0.05) is 30.3 Å². The van der Waals surface area contributed by atoms with E-state index in [2.05, 4.69) is 30.0 Å². The molecule has 0 unspecified atom stereocenters. The second-order valence-electron chi connectivity index (χ2n) is 3.20. The highest BCUT2D eigenvalue weighted by Gasteiger charge is 1.88. The third-order valence-corrected chi connectivity index (χ3v) is 1.96. The highest BCUT2D eigenvalue weighted by atomic mass is 16.2. The van der Waals surface area contributed by atoms with Gasteiger partial charge in [-0.15, -0.1) is 12.8 Å². The van der Waals surface area contributed by atoms with Crippen LogP contribution in [0.25, 0.3) is 0 Å². The Morgan fingerprint density at radius 3 is 1.94 bits per heavy atom. The van der Waals surface area contributed by atoms with E-state index >= 15 is 0 Å². The molecule has 1 aromatic heterocycles. The number of nitrogens with one attached hydrogen (secondary N) is 1. The minimum atomic E-state index is 0.287. The molecular weight excluding hydrogens is 210 g/mol. The van der Waals surface area contributed by atoms with Gasteiger partial charge in [-0.05, 0) is 30.5 Å². The molecule has 1 heterocycles. The molecule has 17 heavy (non-hydrogen) atoms. The van der Waals surface area contributed by atoms with Crippen molar-refractivity contribution in [3.63, 3.8) is 0 Å². The van der Waals surface area contributed by atoms with Crippen LogP contribution in [0.4, 0.5) is 0 Å². The number of aliphatic hydroxyl groups excluding tert-OH is 1. The molecule has 0 aliphatic carbocycles. The van der Waals surface area contributed by atoms with E-state index in [0.717, 1.165) is 12.8 Å². The van der Waals surface area contributed by atoms with Gasteiger partial charge in [0.2, 0.25) is 0 Å². The zero-order valence-electron chi connectivity index (χ0n) is 9.92. The van der Waals surface area contributed by atoms with Crippen molar-refractivity contribution in [2.24, 2.45) is 0 Å². The summed E-state index contributed by atoms with van der Waals surface area (Å²) in [6, 6.07) is 14.1. The number of aliphatic hydroxyl groups is 1. The zero-order chi connectivity index (χ0) is 12.8. The summed E-state index contributed by atoms with van der Waals surface area (Å²) in [6.45, 7) is 0.287. The summed E-state index contributed by atoms with van der Waals surface area (Å²) in [5.74, 6) is 0. The minimum Gasteiger partial charge on any atom is -0.396 e. The third-order valence-electron chi connectivity index (χ3n) is 1.96. The van der Waals surface area contributed by atoms with Crippen molar-refractivity contribution in [2.75, 3.05) is 6.61 Å². The summed E-state index contributed by atoms with van der Waals surface area (Å²) in [5.41, 5.74) is 1.30. The van der Waals surface area contributed by atoms with Crippen LogP contribution in [0.2, 0.25) is 0 Å².